The molecule has 3 aromatic heterocycles. The van der Waals surface area contributed by atoms with Gasteiger partial charge in [-0.05, 0) is 35.4 Å². The van der Waals surface area contributed by atoms with Crippen molar-refractivity contribution in [1.82, 2.24) is 24.1 Å². The van der Waals surface area contributed by atoms with Gasteiger partial charge in [0, 0.05) is 0 Å². The van der Waals surface area contributed by atoms with E-state index in [1.54, 1.807) is 18.0 Å². The molecule has 6 aromatic rings. The SMILES string of the molecule is COc1ccc(Cn2c3nc4ccccc4nc3c3c(=O)n(Cc4ccccc4)cnc32)cc1. The molecule has 0 aliphatic rings. The third kappa shape index (κ3) is 3.38. The van der Waals surface area contributed by atoms with Crippen molar-refractivity contribution in [2.45, 2.75) is 13.1 Å². The van der Waals surface area contributed by atoms with E-state index < -0.39 is 0 Å². The molecule has 0 unspecified atom stereocenters. The first-order valence-electron chi connectivity index (χ1n) is 11.0. The number of para-hydroxylation sites is 2. The quantitative estimate of drug-likeness (QED) is 0.392. The molecule has 34 heavy (non-hydrogen) atoms. The average molecular weight is 447 g/mol. The maximum absolute atomic E-state index is 13.7. The molecule has 0 amide bonds. The van der Waals surface area contributed by atoms with Crippen LogP contribution in [0.5, 0.6) is 5.75 Å². The van der Waals surface area contributed by atoms with Gasteiger partial charge in [-0.2, -0.15) is 0 Å². The Morgan fingerprint density at radius 1 is 0.765 bits per heavy atom. The monoisotopic (exact) mass is 447 g/mol. The fourth-order valence-corrected chi connectivity index (χ4v) is 4.30. The van der Waals surface area contributed by atoms with Crippen molar-refractivity contribution in [3.63, 3.8) is 0 Å². The number of methoxy groups -OCH3 is 1. The molecule has 0 aliphatic carbocycles. The number of hydrogen-bond acceptors (Lipinski definition) is 5. The van der Waals surface area contributed by atoms with Crippen molar-refractivity contribution >= 4 is 33.2 Å². The van der Waals surface area contributed by atoms with Crippen LogP contribution in [0.3, 0.4) is 0 Å². The Bertz CT molecular complexity index is 1700. The molecule has 3 heterocycles. The summed E-state index contributed by atoms with van der Waals surface area (Å²) in [4.78, 5) is 28.1. The molecule has 0 saturated carbocycles. The highest BCUT2D eigenvalue weighted by Crippen LogP contribution is 2.26. The Labute approximate surface area is 194 Å². The van der Waals surface area contributed by atoms with Gasteiger partial charge in [0.25, 0.3) is 5.56 Å². The minimum absolute atomic E-state index is 0.128. The van der Waals surface area contributed by atoms with E-state index in [2.05, 4.69) is 0 Å². The molecule has 0 N–H and O–H groups in total. The van der Waals surface area contributed by atoms with Gasteiger partial charge in [0.05, 0.1) is 31.2 Å². The largest absolute Gasteiger partial charge is 0.497 e. The van der Waals surface area contributed by atoms with Crippen molar-refractivity contribution < 1.29 is 4.74 Å². The smallest absolute Gasteiger partial charge is 0.265 e. The zero-order chi connectivity index (χ0) is 23.1. The normalized spacial score (nSPS) is 11.4. The van der Waals surface area contributed by atoms with Crippen LogP contribution in [0, 0.1) is 0 Å². The molecule has 0 radical (unpaired) electrons. The van der Waals surface area contributed by atoms with Crippen molar-refractivity contribution in [1.29, 1.82) is 0 Å². The molecule has 0 bridgehead atoms. The van der Waals surface area contributed by atoms with E-state index in [9.17, 15) is 4.79 Å². The van der Waals surface area contributed by atoms with Crippen LogP contribution in [-0.2, 0) is 13.1 Å². The Morgan fingerprint density at radius 2 is 1.44 bits per heavy atom. The summed E-state index contributed by atoms with van der Waals surface area (Å²) < 4.78 is 8.89. The molecular formula is C27H21N5O2. The van der Waals surface area contributed by atoms with Gasteiger partial charge in [-0.25, -0.2) is 15.0 Å². The van der Waals surface area contributed by atoms with Gasteiger partial charge < -0.3 is 9.30 Å². The third-order valence-electron chi connectivity index (χ3n) is 6.01. The first-order valence-corrected chi connectivity index (χ1v) is 11.0. The van der Waals surface area contributed by atoms with Crippen LogP contribution >= 0.6 is 0 Å². The first-order chi connectivity index (χ1) is 16.7. The number of fused-ring (bicyclic) bond motifs is 4. The Morgan fingerprint density at radius 3 is 2.18 bits per heavy atom. The van der Waals surface area contributed by atoms with E-state index in [1.807, 2.05) is 83.4 Å². The second-order valence-electron chi connectivity index (χ2n) is 8.18. The van der Waals surface area contributed by atoms with Gasteiger partial charge in [0.1, 0.15) is 23.0 Å². The summed E-state index contributed by atoms with van der Waals surface area (Å²) in [5, 5.41) is 0.486. The molecule has 0 saturated heterocycles. The Kier molecular flexibility index (Phi) is 4.80. The number of nitrogens with zero attached hydrogens (tertiary/aromatic N) is 5. The van der Waals surface area contributed by atoms with E-state index in [1.165, 1.54) is 0 Å². The van der Waals surface area contributed by atoms with Crippen molar-refractivity contribution in [2.24, 2.45) is 0 Å². The maximum atomic E-state index is 13.7. The molecule has 0 atom stereocenters. The summed E-state index contributed by atoms with van der Waals surface area (Å²) in [5.41, 5.74) is 5.27. The van der Waals surface area contributed by atoms with Crippen LogP contribution in [0.4, 0.5) is 0 Å². The predicted octanol–water partition coefficient (Wildman–Crippen LogP) is 4.40. The summed E-state index contributed by atoms with van der Waals surface area (Å²) in [6, 6.07) is 25.4. The summed E-state index contributed by atoms with van der Waals surface area (Å²) in [6.07, 6.45) is 1.61. The van der Waals surface area contributed by atoms with E-state index in [0.29, 0.717) is 35.3 Å². The summed E-state index contributed by atoms with van der Waals surface area (Å²) in [6.45, 7) is 0.945. The third-order valence-corrected chi connectivity index (χ3v) is 6.01. The molecule has 6 rings (SSSR count). The molecule has 7 nitrogen and oxygen atoms in total. The van der Waals surface area contributed by atoms with Gasteiger partial charge in [-0.15, -0.1) is 0 Å². The van der Waals surface area contributed by atoms with Crippen LogP contribution in [0.25, 0.3) is 33.2 Å². The fraction of sp³-hybridized carbons (Fsp3) is 0.111. The highest BCUT2D eigenvalue weighted by Gasteiger charge is 2.20. The highest BCUT2D eigenvalue weighted by molar-refractivity contribution is 6.04. The zero-order valence-corrected chi connectivity index (χ0v) is 18.5. The van der Waals surface area contributed by atoms with Gasteiger partial charge in [0.2, 0.25) is 0 Å². The number of rotatable bonds is 5. The standard InChI is InChI=1S/C27H21N5O2/c1-34-20-13-11-19(12-14-20)16-32-25-23(24-26(32)30-22-10-6-5-9-21(22)29-24)27(33)31(17-28-25)15-18-7-3-2-4-8-18/h2-14,17H,15-16H2,1H3. The first kappa shape index (κ1) is 20.1. The lowest BCUT2D eigenvalue weighted by Crippen LogP contribution is -2.21. The van der Waals surface area contributed by atoms with E-state index in [-0.39, 0.29) is 5.56 Å². The number of hydrogen-bond donors (Lipinski definition) is 0. The minimum atomic E-state index is -0.128. The second kappa shape index (κ2) is 8.12. The summed E-state index contributed by atoms with van der Waals surface area (Å²) in [7, 11) is 1.65. The molecule has 0 fully saturated rings. The molecule has 3 aromatic carbocycles. The highest BCUT2D eigenvalue weighted by atomic mass is 16.5. The van der Waals surface area contributed by atoms with Gasteiger partial charge in [-0.1, -0.05) is 54.6 Å². The number of aromatic nitrogens is 5. The minimum Gasteiger partial charge on any atom is -0.497 e. The summed E-state index contributed by atoms with van der Waals surface area (Å²) in [5.74, 6) is 0.790. The van der Waals surface area contributed by atoms with Crippen molar-refractivity contribution in [3.05, 3.63) is 107 Å². The van der Waals surface area contributed by atoms with Crippen molar-refractivity contribution in [2.75, 3.05) is 7.11 Å². The molecular weight excluding hydrogens is 426 g/mol. The molecule has 0 aliphatic heterocycles. The van der Waals surface area contributed by atoms with Gasteiger partial charge in [0.15, 0.2) is 11.3 Å². The average Bonchev–Trinajstić information content (AvgIpc) is 3.18. The van der Waals surface area contributed by atoms with Crippen LogP contribution in [0.1, 0.15) is 11.1 Å². The fourth-order valence-electron chi connectivity index (χ4n) is 4.30. The molecule has 166 valence electrons. The Hall–Kier alpha value is -4.52. The molecule has 7 heteroatoms. The van der Waals surface area contributed by atoms with E-state index >= 15 is 0 Å². The van der Waals surface area contributed by atoms with Crippen LogP contribution in [0.15, 0.2) is 90.0 Å². The summed E-state index contributed by atoms with van der Waals surface area (Å²) >= 11 is 0. The van der Waals surface area contributed by atoms with Crippen LogP contribution < -0.4 is 10.3 Å². The topological polar surface area (TPSA) is 74.8 Å². The van der Waals surface area contributed by atoms with Gasteiger partial charge in [-0.3, -0.25) is 9.36 Å². The van der Waals surface area contributed by atoms with Crippen LogP contribution in [0.2, 0.25) is 0 Å². The number of ether oxygens (including phenoxy) is 1. The van der Waals surface area contributed by atoms with Gasteiger partial charge >= 0.3 is 0 Å². The maximum Gasteiger partial charge on any atom is 0.265 e. The Balaban J connectivity index is 1.59. The van der Waals surface area contributed by atoms with E-state index in [4.69, 9.17) is 19.7 Å². The molecule has 0 spiro atoms. The van der Waals surface area contributed by atoms with E-state index in [0.717, 1.165) is 27.9 Å². The second-order valence-corrected chi connectivity index (χ2v) is 8.18. The van der Waals surface area contributed by atoms with Crippen LogP contribution in [-0.4, -0.2) is 31.2 Å². The predicted molar refractivity (Wildman–Crippen MR) is 132 cm³/mol. The van der Waals surface area contributed by atoms with Crippen molar-refractivity contribution in [3.8, 4) is 5.75 Å². The lowest BCUT2D eigenvalue weighted by atomic mass is 10.2. The zero-order valence-electron chi connectivity index (χ0n) is 18.5. The lowest BCUT2D eigenvalue weighted by Gasteiger charge is -2.09. The number of benzene rings is 3. The lowest BCUT2D eigenvalue weighted by molar-refractivity contribution is 0.414.